The number of carboxylic acids is 1. The van der Waals surface area contributed by atoms with E-state index in [2.05, 4.69) is 5.32 Å². The van der Waals surface area contributed by atoms with Gasteiger partial charge in [0.2, 0.25) is 5.91 Å². The van der Waals surface area contributed by atoms with Gasteiger partial charge in [-0.2, -0.15) is 0 Å². The van der Waals surface area contributed by atoms with Crippen molar-refractivity contribution in [2.45, 2.75) is 32.2 Å². The van der Waals surface area contributed by atoms with Gasteiger partial charge in [-0.1, -0.05) is 24.3 Å². The number of fused-ring (bicyclic) bond motifs is 1. The highest BCUT2D eigenvalue weighted by molar-refractivity contribution is 5.88. The van der Waals surface area contributed by atoms with E-state index in [4.69, 9.17) is 5.11 Å². The predicted octanol–water partition coefficient (Wildman–Crippen LogP) is 1.38. The van der Waals surface area contributed by atoms with E-state index < -0.39 is 11.5 Å². The number of carboxylic acid groups (broad SMARTS) is 1. The van der Waals surface area contributed by atoms with Crippen LogP contribution in [0.15, 0.2) is 24.3 Å². The summed E-state index contributed by atoms with van der Waals surface area (Å²) in [6.45, 7) is 2.99. The lowest BCUT2D eigenvalue weighted by molar-refractivity contribution is -0.146. The molecule has 1 amide bonds. The molecule has 0 spiro atoms. The van der Waals surface area contributed by atoms with Crippen LogP contribution in [0.5, 0.6) is 0 Å². The zero-order valence-electron chi connectivity index (χ0n) is 10.6. The van der Waals surface area contributed by atoms with Gasteiger partial charge in [0, 0.05) is 5.92 Å². The van der Waals surface area contributed by atoms with Crippen LogP contribution in [-0.4, -0.2) is 22.5 Å². The molecule has 0 aliphatic heterocycles. The number of hydrogen-bond acceptors (Lipinski definition) is 2. The molecule has 0 saturated heterocycles. The number of aliphatic carboxylic acids is 1. The first-order valence-corrected chi connectivity index (χ1v) is 6.02. The summed E-state index contributed by atoms with van der Waals surface area (Å²) < 4.78 is 0. The van der Waals surface area contributed by atoms with Crippen LogP contribution in [0.4, 0.5) is 0 Å². The Bertz CT molecular complexity index is 469. The molecule has 1 aromatic carbocycles. The molecular formula is C14H17NO3. The molecule has 0 atom stereocenters. The summed E-state index contributed by atoms with van der Waals surface area (Å²) in [5, 5.41) is 11.6. The van der Waals surface area contributed by atoms with Gasteiger partial charge >= 0.3 is 5.97 Å². The zero-order valence-corrected chi connectivity index (χ0v) is 10.6. The zero-order chi connectivity index (χ0) is 13.3. The second-order valence-electron chi connectivity index (χ2n) is 5.29. The number of rotatable bonds is 3. The van der Waals surface area contributed by atoms with Gasteiger partial charge < -0.3 is 10.4 Å². The molecule has 18 heavy (non-hydrogen) atoms. The topological polar surface area (TPSA) is 66.4 Å². The minimum atomic E-state index is -1.22. The van der Waals surface area contributed by atoms with Crippen molar-refractivity contribution in [2.24, 2.45) is 5.92 Å². The van der Waals surface area contributed by atoms with Gasteiger partial charge in [-0.3, -0.25) is 4.79 Å². The third-order valence-electron chi connectivity index (χ3n) is 3.39. The third kappa shape index (κ3) is 2.37. The molecule has 4 nitrogen and oxygen atoms in total. The lowest BCUT2D eigenvalue weighted by Gasteiger charge is -2.23. The molecule has 0 fully saturated rings. The Labute approximate surface area is 106 Å². The third-order valence-corrected chi connectivity index (χ3v) is 3.39. The first-order valence-electron chi connectivity index (χ1n) is 6.02. The van der Waals surface area contributed by atoms with Crippen molar-refractivity contribution in [1.29, 1.82) is 0 Å². The summed E-state index contributed by atoms with van der Waals surface area (Å²) in [6, 6.07) is 7.95. The quantitative estimate of drug-likeness (QED) is 0.848. The van der Waals surface area contributed by atoms with Crippen LogP contribution in [0.2, 0.25) is 0 Å². The van der Waals surface area contributed by atoms with E-state index in [1.165, 1.54) is 25.0 Å². The molecule has 1 aromatic rings. The maximum Gasteiger partial charge on any atom is 0.328 e. The second kappa shape index (κ2) is 4.44. The Balaban J connectivity index is 2.04. The van der Waals surface area contributed by atoms with Gasteiger partial charge in [0.05, 0.1) is 0 Å². The summed E-state index contributed by atoms with van der Waals surface area (Å²) in [6.07, 6.45) is 1.38. The van der Waals surface area contributed by atoms with E-state index in [9.17, 15) is 9.59 Å². The molecule has 1 aliphatic carbocycles. The molecule has 0 unspecified atom stereocenters. The van der Waals surface area contributed by atoms with Crippen molar-refractivity contribution < 1.29 is 14.7 Å². The highest BCUT2D eigenvalue weighted by atomic mass is 16.4. The minimum Gasteiger partial charge on any atom is -0.480 e. The smallest absolute Gasteiger partial charge is 0.328 e. The average Bonchev–Trinajstić information content (AvgIpc) is 2.71. The molecule has 0 radical (unpaired) electrons. The summed E-state index contributed by atoms with van der Waals surface area (Å²) in [4.78, 5) is 23.0. The highest BCUT2D eigenvalue weighted by Gasteiger charge is 2.34. The second-order valence-corrected chi connectivity index (χ2v) is 5.29. The first-order chi connectivity index (χ1) is 8.40. The van der Waals surface area contributed by atoms with E-state index in [-0.39, 0.29) is 11.8 Å². The van der Waals surface area contributed by atoms with Crippen LogP contribution in [0, 0.1) is 5.92 Å². The monoisotopic (exact) mass is 247 g/mol. The van der Waals surface area contributed by atoms with Crippen molar-refractivity contribution in [1.82, 2.24) is 5.32 Å². The van der Waals surface area contributed by atoms with Crippen molar-refractivity contribution in [3.05, 3.63) is 35.4 Å². The molecule has 1 aliphatic rings. The fourth-order valence-corrected chi connectivity index (χ4v) is 2.21. The molecule has 0 saturated carbocycles. The van der Waals surface area contributed by atoms with E-state index in [0.717, 1.165) is 0 Å². The van der Waals surface area contributed by atoms with Crippen LogP contribution in [0.25, 0.3) is 0 Å². The van der Waals surface area contributed by atoms with Gasteiger partial charge in [0.25, 0.3) is 0 Å². The Hall–Kier alpha value is -1.84. The van der Waals surface area contributed by atoms with Gasteiger partial charge in [-0.05, 0) is 37.8 Å². The normalized spacial score (nSPS) is 15.2. The summed E-state index contributed by atoms with van der Waals surface area (Å²) in [7, 11) is 0. The summed E-state index contributed by atoms with van der Waals surface area (Å²) in [5.41, 5.74) is 1.16. The number of hydrogen-bond donors (Lipinski definition) is 2. The van der Waals surface area contributed by atoms with Crippen molar-refractivity contribution >= 4 is 11.9 Å². The Morgan fingerprint density at radius 2 is 1.72 bits per heavy atom. The Morgan fingerprint density at radius 3 is 2.17 bits per heavy atom. The van der Waals surface area contributed by atoms with E-state index >= 15 is 0 Å². The van der Waals surface area contributed by atoms with Crippen LogP contribution in [0.3, 0.4) is 0 Å². The molecule has 2 rings (SSSR count). The lowest BCUT2D eigenvalue weighted by Crippen LogP contribution is -2.51. The van der Waals surface area contributed by atoms with Gasteiger partial charge in [-0.15, -0.1) is 0 Å². The molecule has 0 heterocycles. The molecule has 2 N–H and O–H groups in total. The largest absolute Gasteiger partial charge is 0.480 e. The van der Waals surface area contributed by atoms with Crippen molar-refractivity contribution in [2.75, 3.05) is 0 Å². The van der Waals surface area contributed by atoms with Crippen molar-refractivity contribution in [3.63, 3.8) is 0 Å². The predicted molar refractivity (Wildman–Crippen MR) is 67.2 cm³/mol. The summed E-state index contributed by atoms with van der Waals surface area (Å²) >= 11 is 0. The highest BCUT2D eigenvalue weighted by Crippen LogP contribution is 2.26. The van der Waals surface area contributed by atoms with Gasteiger partial charge in [-0.25, -0.2) is 4.79 Å². The minimum absolute atomic E-state index is 0.152. The van der Waals surface area contributed by atoms with Crippen LogP contribution < -0.4 is 5.32 Å². The maximum atomic E-state index is 12.1. The first kappa shape index (κ1) is 12.6. The molecular weight excluding hydrogens is 230 g/mol. The molecule has 4 heteroatoms. The number of nitrogens with one attached hydrogen (secondary N) is 1. The Kier molecular flexibility index (Phi) is 3.11. The molecule has 0 aromatic heterocycles. The van der Waals surface area contributed by atoms with E-state index in [1.54, 1.807) is 0 Å². The van der Waals surface area contributed by atoms with Crippen LogP contribution >= 0.6 is 0 Å². The van der Waals surface area contributed by atoms with Gasteiger partial charge in [0.15, 0.2) is 0 Å². The van der Waals surface area contributed by atoms with Gasteiger partial charge in [0.1, 0.15) is 5.54 Å². The van der Waals surface area contributed by atoms with Crippen LogP contribution in [0.1, 0.15) is 25.0 Å². The number of carbonyl (C=O) groups is 2. The Morgan fingerprint density at radius 1 is 1.22 bits per heavy atom. The van der Waals surface area contributed by atoms with Crippen molar-refractivity contribution in [3.8, 4) is 0 Å². The fourth-order valence-electron chi connectivity index (χ4n) is 2.21. The van der Waals surface area contributed by atoms with Crippen LogP contribution in [-0.2, 0) is 22.4 Å². The number of carbonyl (C=O) groups excluding carboxylic acids is 1. The summed E-state index contributed by atoms with van der Waals surface area (Å²) in [5.74, 6) is -1.36. The average molecular weight is 247 g/mol. The number of amides is 1. The fraction of sp³-hybridized carbons (Fsp3) is 0.429. The molecule has 96 valence electrons. The van der Waals surface area contributed by atoms with E-state index in [1.807, 2.05) is 24.3 Å². The SMILES string of the molecule is CC(C)(NC(=O)C1Cc2ccccc2C1)C(=O)O. The molecule has 0 bridgehead atoms. The van der Waals surface area contributed by atoms with E-state index in [0.29, 0.717) is 12.8 Å². The number of benzene rings is 1. The standard InChI is InChI=1S/C14H17NO3/c1-14(2,13(17)18)15-12(16)11-7-9-5-3-4-6-10(9)8-11/h3-6,11H,7-8H2,1-2H3,(H,15,16)(H,17,18). The maximum absolute atomic E-state index is 12.1. The lowest BCUT2D eigenvalue weighted by atomic mass is 10.0.